The molecular formula is C16H16BrClN2O3S. The molecule has 128 valence electrons. The highest BCUT2D eigenvalue weighted by Gasteiger charge is 2.29. The highest BCUT2D eigenvalue weighted by Crippen LogP contribution is 2.25. The number of halogens is 2. The van der Waals surface area contributed by atoms with Gasteiger partial charge in [-0.25, -0.2) is 8.42 Å². The van der Waals surface area contributed by atoms with E-state index in [0.29, 0.717) is 16.4 Å². The second kappa shape index (κ2) is 7.55. The van der Waals surface area contributed by atoms with Crippen LogP contribution in [0.4, 0.5) is 11.4 Å². The van der Waals surface area contributed by atoms with Gasteiger partial charge in [0.15, 0.2) is 0 Å². The third kappa shape index (κ3) is 4.72. The van der Waals surface area contributed by atoms with E-state index in [0.717, 1.165) is 15.0 Å². The molecule has 0 aliphatic rings. The number of rotatable bonds is 5. The van der Waals surface area contributed by atoms with Crippen LogP contribution in [0.1, 0.15) is 6.92 Å². The molecule has 0 radical (unpaired) electrons. The Bertz CT molecular complexity index is 858. The minimum absolute atomic E-state index is 0.335. The van der Waals surface area contributed by atoms with Crippen LogP contribution in [0.15, 0.2) is 53.0 Å². The number of anilines is 2. The topological polar surface area (TPSA) is 66.5 Å². The fraction of sp³-hybridized carbons (Fsp3) is 0.188. The molecule has 0 aliphatic carbocycles. The van der Waals surface area contributed by atoms with E-state index in [1.165, 1.54) is 13.0 Å². The average Bonchev–Trinajstić information content (AvgIpc) is 2.46. The standard InChI is InChI=1S/C16H16BrClN2O3S/c1-11(16(21)19-14-7-3-5-12(17)9-14)20(24(2,22)23)15-8-4-6-13(18)10-15/h3-11H,1-2H3,(H,19,21)/t11-/m0/s1. The zero-order valence-electron chi connectivity index (χ0n) is 13.0. The Hall–Kier alpha value is -1.57. The van der Waals surface area contributed by atoms with Crippen molar-refractivity contribution in [2.45, 2.75) is 13.0 Å². The Balaban J connectivity index is 2.31. The number of benzene rings is 2. The maximum Gasteiger partial charge on any atom is 0.247 e. The first kappa shape index (κ1) is 18.8. The zero-order valence-corrected chi connectivity index (χ0v) is 16.2. The number of amides is 1. The zero-order chi connectivity index (χ0) is 17.9. The Kier molecular flexibility index (Phi) is 5.90. The van der Waals surface area contributed by atoms with Gasteiger partial charge in [0.2, 0.25) is 15.9 Å². The summed E-state index contributed by atoms with van der Waals surface area (Å²) < 4.78 is 26.2. The molecule has 0 bridgehead atoms. The van der Waals surface area contributed by atoms with Gasteiger partial charge in [-0.1, -0.05) is 39.7 Å². The van der Waals surface area contributed by atoms with Crippen LogP contribution < -0.4 is 9.62 Å². The molecule has 8 heteroatoms. The van der Waals surface area contributed by atoms with Crippen molar-refractivity contribution in [2.75, 3.05) is 15.9 Å². The molecule has 5 nitrogen and oxygen atoms in total. The lowest BCUT2D eigenvalue weighted by molar-refractivity contribution is -0.116. The van der Waals surface area contributed by atoms with Crippen LogP contribution in [-0.2, 0) is 14.8 Å². The van der Waals surface area contributed by atoms with Gasteiger partial charge < -0.3 is 5.32 Å². The van der Waals surface area contributed by atoms with Crippen molar-refractivity contribution in [1.29, 1.82) is 0 Å². The second-order valence-corrected chi connectivity index (χ2v) is 8.43. The molecule has 0 saturated carbocycles. The number of sulfonamides is 1. The molecule has 1 N–H and O–H groups in total. The summed E-state index contributed by atoms with van der Waals surface area (Å²) in [6, 6.07) is 12.5. The van der Waals surface area contributed by atoms with Gasteiger partial charge in [-0.05, 0) is 43.3 Å². The van der Waals surface area contributed by atoms with E-state index < -0.39 is 22.0 Å². The molecule has 0 aliphatic heterocycles. The van der Waals surface area contributed by atoms with E-state index in [1.807, 2.05) is 6.07 Å². The SMILES string of the molecule is C[C@@H](C(=O)Nc1cccc(Br)c1)N(c1cccc(Cl)c1)S(C)(=O)=O. The predicted octanol–water partition coefficient (Wildman–Crippen LogP) is 3.90. The normalized spacial score (nSPS) is 12.5. The van der Waals surface area contributed by atoms with Gasteiger partial charge in [0.05, 0.1) is 11.9 Å². The minimum atomic E-state index is -3.67. The Labute approximate surface area is 154 Å². The second-order valence-electron chi connectivity index (χ2n) is 5.21. The van der Waals surface area contributed by atoms with Crippen LogP contribution in [0, 0.1) is 0 Å². The Morgan fingerprint density at radius 2 is 1.88 bits per heavy atom. The van der Waals surface area contributed by atoms with Crippen molar-refractivity contribution in [3.05, 3.63) is 58.0 Å². The molecule has 0 fully saturated rings. The first-order valence-electron chi connectivity index (χ1n) is 7.00. The highest BCUT2D eigenvalue weighted by atomic mass is 79.9. The lowest BCUT2D eigenvalue weighted by atomic mass is 10.2. The van der Waals surface area contributed by atoms with Crippen LogP contribution in [0.5, 0.6) is 0 Å². The summed E-state index contributed by atoms with van der Waals surface area (Å²) in [6.45, 7) is 1.52. The number of nitrogens with zero attached hydrogens (tertiary/aromatic N) is 1. The van der Waals surface area contributed by atoms with Crippen LogP contribution in [0.2, 0.25) is 5.02 Å². The number of hydrogen-bond donors (Lipinski definition) is 1. The molecule has 2 aromatic rings. The highest BCUT2D eigenvalue weighted by molar-refractivity contribution is 9.10. The lowest BCUT2D eigenvalue weighted by Crippen LogP contribution is -2.45. The Morgan fingerprint density at radius 3 is 2.46 bits per heavy atom. The molecule has 2 rings (SSSR count). The maximum absolute atomic E-state index is 12.5. The van der Waals surface area contributed by atoms with E-state index in [2.05, 4.69) is 21.2 Å². The minimum Gasteiger partial charge on any atom is -0.324 e. The van der Waals surface area contributed by atoms with Crippen molar-refractivity contribution < 1.29 is 13.2 Å². The van der Waals surface area contributed by atoms with Crippen molar-refractivity contribution in [3.8, 4) is 0 Å². The predicted molar refractivity (Wildman–Crippen MR) is 101 cm³/mol. The van der Waals surface area contributed by atoms with E-state index in [4.69, 9.17) is 11.6 Å². The van der Waals surface area contributed by atoms with Gasteiger partial charge in [-0.15, -0.1) is 0 Å². The maximum atomic E-state index is 12.5. The molecule has 0 spiro atoms. The van der Waals surface area contributed by atoms with Gasteiger partial charge in [-0.2, -0.15) is 0 Å². The summed E-state index contributed by atoms with van der Waals surface area (Å²) in [4.78, 5) is 12.5. The Morgan fingerprint density at radius 1 is 1.21 bits per heavy atom. The summed E-state index contributed by atoms with van der Waals surface area (Å²) >= 11 is 9.27. The van der Waals surface area contributed by atoms with Crippen LogP contribution in [0.3, 0.4) is 0 Å². The molecule has 0 heterocycles. The first-order chi connectivity index (χ1) is 11.2. The van der Waals surface area contributed by atoms with Crippen LogP contribution in [-0.4, -0.2) is 26.6 Å². The largest absolute Gasteiger partial charge is 0.324 e. The van der Waals surface area contributed by atoms with E-state index in [-0.39, 0.29) is 0 Å². The lowest BCUT2D eigenvalue weighted by Gasteiger charge is -2.28. The molecule has 1 amide bonds. The van der Waals surface area contributed by atoms with Crippen LogP contribution in [0.25, 0.3) is 0 Å². The third-order valence-electron chi connectivity index (χ3n) is 3.24. The summed E-state index contributed by atoms with van der Waals surface area (Å²) in [7, 11) is -3.67. The summed E-state index contributed by atoms with van der Waals surface area (Å²) in [5, 5.41) is 3.10. The van der Waals surface area contributed by atoms with Gasteiger partial charge in [-0.3, -0.25) is 9.10 Å². The smallest absolute Gasteiger partial charge is 0.247 e. The van der Waals surface area contributed by atoms with E-state index >= 15 is 0 Å². The quantitative estimate of drug-likeness (QED) is 0.781. The number of carbonyl (C=O) groups excluding carboxylic acids is 1. The molecular weight excluding hydrogens is 416 g/mol. The fourth-order valence-electron chi connectivity index (χ4n) is 2.23. The van der Waals surface area contributed by atoms with Crippen molar-refractivity contribution in [2.24, 2.45) is 0 Å². The first-order valence-corrected chi connectivity index (χ1v) is 10.0. The number of hydrogen-bond acceptors (Lipinski definition) is 3. The van der Waals surface area contributed by atoms with Gasteiger partial charge in [0, 0.05) is 15.2 Å². The number of nitrogens with one attached hydrogen (secondary N) is 1. The summed E-state index contributed by atoms with van der Waals surface area (Å²) in [6.07, 6.45) is 1.05. The van der Waals surface area contributed by atoms with Crippen molar-refractivity contribution >= 4 is 54.8 Å². The molecule has 0 unspecified atom stereocenters. The molecule has 2 aromatic carbocycles. The van der Waals surface area contributed by atoms with Crippen LogP contribution >= 0.6 is 27.5 Å². The van der Waals surface area contributed by atoms with Crippen molar-refractivity contribution in [1.82, 2.24) is 0 Å². The van der Waals surface area contributed by atoms with E-state index in [1.54, 1.807) is 36.4 Å². The third-order valence-corrected chi connectivity index (χ3v) is 5.21. The number of carbonyl (C=O) groups is 1. The van der Waals surface area contributed by atoms with Crippen molar-refractivity contribution in [3.63, 3.8) is 0 Å². The average molecular weight is 432 g/mol. The summed E-state index contributed by atoms with van der Waals surface area (Å²) in [5.41, 5.74) is 0.905. The van der Waals surface area contributed by atoms with Gasteiger partial charge >= 0.3 is 0 Å². The monoisotopic (exact) mass is 430 g/mol. The molecule has 1 atom stereocenters. The molecule has 0 saturated heterocycles. The van der Waals surface area contributed by atoms with Gasteiger partial charge in [0.1, 0.15) is 6.04 Å². The fourth-order valence-corrected chi connectivity index (χ4v) is 3.99. The molecule has 0 aromatic heterocycles. The van der Waals surface area contributed by atoms with E-state index in [9.17, 15) is 13.2 Å². The van der Waals surface area contributed by atoms with Gasteiger partial charge in [0.25, 0.3) is 0 Å². The molecule has 24 heavy (non-hydrogen) atoms. The summed E-state index contributed by atoms with van der Waals surface area (Å²) in [5.74, 6) is -0.446.